The molecule has 2 rings (SSSR count). The largest absolute Gasteiger partial charge is 0.319 e. The maximum atomic E-state index is 4.14. The number of piperidine rings is 1. The first kappa shape index (κ1) is 13.5. The number of rotatable bonds is 5. The Morgan fingerprint density at radius 3 is 2.94 bits per heavy atom. The molecule has 2 heterocycles. The van der Waals surface area contributed by atoms with Crippen LogP contribution in [0, 0.1) is 0 Å². The topological polar surface area (TPSA) is 46.0 Å². The Morgan fingerprint density at radius 2 is 2.28 bits per heavy atom. The maximum Gasteiger partial charge on any atom is 0.149 e. The van der Waals surface area contributed by atoms with Gasteiger partial charge in [0.2, 0.25) is 0 Å². The Bertz CT molecular complexity index is 362. The summed E-state index contributed by atoms with van der Waals surface area (Å²) in [5.41, 5.74) is 0. The fourth-order valence-corrected chi connectivity index (χ4v) is 2.75. The van der Waals surface area contributed by atoms with E-state index in [-0.39, 0.29) is 6.04 Å². The fourth-order valence-electron chi connectivity index (χ4n) is 2.75. The van der Waals surface area contributed by atoms with Crippen molar-refractivity contribution in [3.63, 3.8) is 0 Å². The van der Waals surface area contributed by atoms with Gasteiger partial charge in [0.25, 0.3) is 0 Å². The van der Waals surface area contributed by atoms with Gasteiger partial charge >= 0.3 is 0 Å². The highest BCUT2D eigenvalue weighted by atomic mass is 15.3. The van der Waals surface area contributed by atoms with Gasteiger partial charge in [-0.25, -0.2) is 0 Å². The Hall–Kier alpha value is -0.940. The highest BCUT2D eigenvalue weighted by molar-refractivity contribution is 4.92. The van der Waals surface area contributed by atoms with Crippen molar-refractivity contribution in [2.75, 3.05) is 20.1 Å². The second kappa shape index (κ2) is 6.29. The summed E-state index contributed by atoms with van der Waals surface area (Å²) in [4.78, 5) is 2.50. The van der Waals surface area contributed by atoms with Crippen LogP contribution in [0.5, 0.6) is 0 Å². The smallest absolute Gasteiger partial charge is 0.149 e. The first-order valence-corrected chi connectivity index (χ1v) is 6.96. The van der Waals surface area contributed by atoms with Crippen molar-refractivity contribution in [3.05, 3.63) is 12.2 Å². The lowest BCUT2D eigenvalue weighted by Crippen LogP contribution is -2.38. The summed E-state index contributed by atoms with van der Waals surface area (Å²) in [6.45, 7) is 4.45. The molecule has 1 aliphatic heterocycles. The first-order chi connectivity index (χ1) is 8.68. The van der Waals surface area contributed by atoms with Crippen LogP contribution in [0.4, 0.5) is 0 Å². The molecule has 0 spiro atoms. The number of nitrogens with zero attached hydrogens (tertiary/aromatic N) is 4. The molecule has 5 heteroatoms. The molecule has 0 aromatic carbocycles. The van der Waals surface area contributed by atoms with E-state index in [1.165, 1.54) is 32.2 Å². The van der Waals surface area contributed by atoms with Crippen molar-refractivity contribution in [1.82, 2.24) is 25.0 Å². The zero-order chi connectivity index (χ0) is 13.0. The summed E-state index contributed by atoms with van der Waals surface area (Å²) >= 11 is 0. The average molecular weight is 251 g/mol. The van der Waals surface area contributed by atoms with Crippen molar-refractivity contribution in [3.8, 4) is 0 Å². The predicted molar refractivity (Wildman–Crippen MR) is 72.3 cm³/mol. The molecule has 1 aromatic rings. The third-order valence-corrected chi connectivity index (χ3v) is 3.98. The standard InChI is InChI=1S/C13H25N5/c1-11(13-16-15-10-18(13)3)14-8-7-12-6-4-5-9-17(12)2/h10-12,14H,4-9H2,1-3H3. The maximum absolute atomic E-state index is 4.14. The Kier molecular flexibility index (Phi) is 4.72. The van der Waals surface area contributed by atoms with Crippen LogP contribution in [-0.2, 0) is 7.05 Å². The van der Waals surface area contributed by atoms with Crippen LogP contribution in [0.1, 0.15) is 44.5 Å². The zero-order valence-electron chi connectivity index (χ0n) is 11.8. The van der Waals surface area contributed by atoms with Crippen molar-refractivity contribution in [2.24, 2.45) is 7.05 Å². The summed E-state index contributed by atoms with van der Waals surface area (Å²) < 4.78 is 1.98. The fraction of sp³-hybridized carbons (Fsp3) is 0.846. The number of likely N-dealkylation sites (tertiary alicyclic amines) is 1. The van der Waals surface area contributed by atoms with E-state index in [2.05, 4.69) is 34.4 Å². The molecule has 18 heavy (non-hydrogen) atoms. The molecule has 1 aromatic heterocycles. The third-order valence-electron chi connectivity index (χ3n) is 3.98. The summed E-state index contributed by atoms with van der Waals surface area (Å²) in [5, 5.41) is 11.6. The summed E-state index contributed by atoms with van der Waals surface area (Å²) in [5.74, 6) is 1.01. The number of hydrogen-bond donors (Lipinski definition) is 1. The van der Waals surface area contributed by atoms with E-state index in [1.54, 1.807) is 6.33 Å². The van der Waals surface area contributed by atoms with E-state index in [4.69, 9.17) is 0 Å². The molecule has 0 bridgehead atoms. The Morgan fingerprint density at radius 1 is 1.44 bits per heavy atom. The summed E-state index contributed by atoms with van der Waals surface area (Å²) in [6, 6.07) is 1.02. The van der Waals surface area contributed by atoms with Crippen LogP contribution in [0.15, 0.2) is 6.33 Å². The molecule has 0 saturated carbocycles. The molecule has 1 N–H and O–H groups in total. The van der Waals surface area contributed by atoms with Gasteiger partial charge < -0.3 is 14.8 Å². The van der Waals surface area contributed by atoms with Crippen LogP contribution in [0.25, 0.3) is 0 Å². The van der Waals surface area contributed by atoms with Crippen molar-refractivity contribution < 1.29 is 0 Å². The molecule has 2 atom stereocenters. The number of hydrogen-bond acceptors (Lipinski definition) is 4. The van der Waals surface area contributed by atoms with E-state index in [0.29, 0.717) is 0 Å². The Labute approximate surface area is 110 Å². The molecule has 5 nitrogen and oxygen atoms in total. The second-order valence-electron chi connectivity index (χ2n) is 5.39. The normalized spacial score (nSPS) is 23.2. The summed E-state index contributed by atoms with van der Waals surface area (Å²) in [7, 11) is 4.23. The minimum absolute atomic E-state index is 0.270. The van der Waals surface area contributed by atoms with E-state index < -0.39 is 0 Å². The van der Waals surface area contributed by atoms with E-state index in [1.807, 2.05) is 11.6 Å². The predicted octanol–water partition coefficient (Wildman–Crippen LogP) is 1.34. The third kappa shape index (κ3) is 3.29. The van der Waals surface area contributed by atoms with E-state index >= 15 is 0 Å². The number of nitrogens with one attached hydrogen (secondary N) is 1. The minimum Gasteiger partial charge on any atom is -0.319 e. The molecule has 1 saturated heterocycles. The van der Waals surface area contributed by atoms with Gasteiger partial charge in [-0.2, -0.15) is 0 Å². The van der Waals surface area contributed by atoms with Crippen LogP contribution in [0.2, 0.25) is 0 Å². The lowest BCUT2D eigenvalue weighted by atomic mass is 10.00. The van der Waals surface area contributed by atoms with Gasteiger partial charge in [0.1, 0.15) is 12.2 Å². The quantitative estimate of drug-likeness (QED) is 0.858. The van der Waals surface area contributed by atoms with Gasteiger partial charge in [0.05, 0.1) is 6.04 Å². The van der Waals surface area contributed by atoms with Gasteiger partial charge in [-0.05, 0) is 46.3 Å². The monoisotopic (exact) mass is 251 g/mol. The average Bonchev–Trinajstić information content (AvgIpc) is 2.78. The first-order valence-electron chi connectivity index (χ1n) is 6.96. The van der Waals surface area contributed by atoms with Crippen LogP contribution < -0.4 is 5.32 Å². The highest BCUT2D eigenvalue weighted by Gasteiger charge is 2.19. The van der Waals surface area contributed by atoms with Crippen LogP contribution >= 0.6 is 0 Å². The number of aromatic nitrogens is 3. The van der Waals surface area contributed by atoms with Gasteiger partial charge in [-0.1, -0.05) is 6.42 Å². The van der Waals surface area contributed by atoms with Crippen molar-refractivity contribution in [1.29, 1.82) is 0 Å². The molecule has 0 radical (unpaired) electrons. The molecule has 1 aliphatic rings. The second-order valence-corrected chi connectivity index (χ2v) is 5.39. The summed E-state index contributed by atoms with van der Waals surface area (Å²) in [6.07, 6.45) is 7.06. The van der Waals surface area contributed by atoms with E-state index in [9.17, 15) is 0 Å². The molecule has 2 unspecified atom stereocenters. The van der Waals surface area contributed by atoms with Gasteiger partial charge in [0.15, 0.2) is 0 Å². The van der Waals surface area contributed by atoms with Crippen LogP contribution in [0.3, 0.4) is 0 Å². The van der Waals surface area contributed by atoms with Crippen LogP contribution in [-0.4, -0.2) is 45.8 Å². The van der Waals surface area contributed by atoms with Crippen molar-refractivity contribution in [2.45, 2.75) is 44.7 Å². The van der Waals surface area contributed by atoms with Gasteiger partial charge in [-0.3, -0.25) is 0 Å². The molecule has 102 valence electrons. The van der Waals surface area contributed by atoms with Gasteiger partial charge in [-0.15, -0.1) is 10.2 Å². The molecular formula is C13H25N5. The lowest BCUT2D eigenvalue weighted by Gasteiger charge is -2.32. The molecule has 0 amide bonds. The van der Waals surface area contributed by atoms with E-state index in [0.717, 1.165) is 18.4 Å². The number of aryl methyl sites for hydroxylation is 1. The molecule has 1 fully saturated rings. The van der Waals surface area contributed by atoms with Gasteiger partial charge in [0, 0.05) is 13.1 Å². The lowest BCUT2D eigenvalue weighted by molar-refractivity contribution is 0.174. The highest BCUT2D eigenvalue weighted by Crippen LogP contribution is 2.17. The van der Waals surface area contributed by atoms with Crippen molar-refractivity contribution >= 4 is 0 Å². The zero-order valence-corrected chi connectivity index (χ0v) is 11.8. The Balaban J connectivity index is 1.73. The minimum atomic E-state index is 0.270. The molecular weight excluding hydrogens is 226 g/mol. The SMILES string of the molecule is CC(NCCC1CCCCN1C)c1nncn1C. The molecule has 0 aliphatic carbocycles.